The third-order valence-corrected chi connectivity index (χ3v) is 4.92. The maximum Gasteiger partial charge on any atom is 0.230 e. The average Bonchev–Trinajstić information content (AvgIpc) is 2.87. The molecule has 1 saturated carbocycles. The number of hydrogen-bond donors (Lipinski definition) is 2. The summed E-state index contributed by atoms with van der Waals surface area (Å²) in [5.74, 6) is 0.915. The summed E-state index contributed by atoms with van der Waals surface area (Å²) in [5, 5.41) is 9.36. The lowest BCUT2D eigenvalue weighted by molar-refractivity contribution is -0.145. The van der Waals surface area contributed by atoms with Crippen molar-refractivity contribution in [2.45, 2.75) is 51.5 Å². The number of amides is 1. The maximum absolute atomic E-state index is 12.8. The molecule has 1 atom stereocenters. The molecule has 0 aromatic carbocycles. The zero-order chi connectivity index (χ0) is 13.2. The maximum atomic E-state index is 12.8. The Morgan fingerprint density at radius 2 is 2.06 bits per heavy atom. The molecule has 0 aromatic heterocycles. The molecule has 3 N–H and O–H groups in total. The standard InChI is InChI=1S/C14H26N2O2/c1-11-4-6-14(10-15,7-5-11)13(18)16-8-2-3-12(16)9-17/h11-12,17H,2-10,15H2,1H3/t11?,12-,14?/m1/s1. The Kier molecular flexibility index (Phi) is 4.28. The van der Waals surface area contributed by atoms with Crippen LogP contribution in [0.25, 0.3) is 0 Å². The van der Waals surface area contributed by atoms with E-state index in [-0.39, 0.29) is 24.0 Å². The van der Waals surface area contributed by atoms with Gasteiger partial charge in [0.05, 0.1) is 18.1 Å². The van der Waals surface area contributed by atoms with Crippen molar-refractivity contribution in [3.05, 3.63) is 0 Å². The molecule has 1 heterocycles. The van der Waals surface area contributed by atoms with E-state index in [1.54, 1.807) is 0 Å². The van der Waals surface area contributed by atoms with E-state index in [0.717, 1.165) is 45.1 Å². The van der Waals surface area contributed by atoms with Gasteiger partial charge in [-0.25, -0.2) is 0 Å². The van der Waals surface area contributed by atoms with Crippen LogP contribution in [0.4, 0.5) is 0 Å². The quantitative estimate of drug-likeness (QED) is 0.793. The van der Waals surface area contributed by atoms with Crippen LogP contribution in [0, 0.1) is 11.3 Å². The first kappa shape index (κ1) is 13.8. The van der Waals surface area contributed by atoms with Crippen molar-refractivity contribution in [2.24, 2.45) is 17.1 Å². The summed E-state index contributed by atoms with van der Waals surface area (Å²) in [5.41, 5.74) is 5.59. The van der Waals surface area contributed by atoms with Crippen LogP contribution in [0.1, 0.15) is 45.4 Å². The van der Waals surface area contributed by atoms with Crippen molar-refractivity contribution in [1.82, 2.24) is 4.90 Å². The van der Waals surface area contributed by atoms with Gasteiger partial charge in [-0.3, -0.25) is 4.79 Å². The number of aliphatic hydroxyl groups excluding tert-OH is 1. The lowest BCUT2D eigenvalue weighted by Gasteiger charge is -2.41. The molecule has 104 valence electrons. The van der Waals surface area contributed by atoms with Crippen LogP contribution in [0.3, 0.4) is 0 Å². The lowest BCUT2D eigenvalue weighted by Crippen LogP contribution is -2.51. The van der Waals surface area contributed by atoms with Crippen LogP contribution in [-0.2, 0) is 4.79 Å². The van der Waals surface area contributed by atoms with Gasteiger partial charge in [0.2, 0.25) is 5.91 Å². The molecule has 18 heavy (non-hydrogen) atoms. The number of likely N-dealkylation sites (tertiary alicyclic amines) is 1. The molecule has 0 unspecified atom stereocenters. The fourth-order valence-corrected chi connectivity index (χ4v) is 3.42. The van der Waals surface area contributed by atoms with E-state index in [0.29, 0.717) is 12.5 Å². The van der Waals surface area contributed by atoms with Crippen molar-refractivity contribution >= 4 is 5.91 Å². The van der Waals surface area contributed by atoms with E-state index in [4.69, 9.17) is 5.73 Å². The number of aliphatic hydroxyl groups is 1. The molecule has 1 aliphatic carbocycles. The predicted molar refractivity (Wildman–Crippen MR) is 70.9 cm³/mol. The van der Waals surface area contributed by atoms with E-state index >= 15 is 0 Å². The topological polar surface area (TPSA) is 66.6 Å². The highest BCUT2D eigenvalue weighted by atomic mass is 16.3. The molecule has 0 aromatic rings. The Balaban J connectivity index is 2.10. The monoisotopic (exact) mass is 254 g/mol. The number of carbonyl (C=O) groups is 1. The number of rotatable bonds is 3. The van der Waals surface area contributed by atoms with Crippen LogP contribution in [-0.4, -0.2) is 41.7 Å². The van der Waals surface area contributed by atoms with Crippen molar-refractivity contribution in [3.63, 3.8) is 0 Å². The van der Waals surface area contributed by atoms with Gasteiger partial charge in [-0.05, 0) is 44.4 Å². The molecule has 4 heteroatoms. The molecule has 4 nitrogen and oxygen atoms in total. The van der Waals surface area contributed by atoms with Crippen LogP contribution >= 0.6 is 0 Å². The SMILES string of the molecule is CC1CCC(CN)(C(=O)N2CCC[C@@H]2CO)CC1. The summed E-state index contributed by atoms with van der Waals surface area (Å²) in [6.45, 7) is 3.58. The smallest absolute Gasteiger partial charge is 0.230 e. The fraction of sp³-hybridized carbons (Fsp3) is 0.929. The van der Waals surface area contributed by atoms with Crippen molar-refractivity contribution in [3.8, 4) is 0 Å². The molecule has 1 saturated heterocycles. The largest absolute Gasteiger partial charge is 0.394 e. The molecule has 0 bridgehead atoms. The highest BCUT2D eigenvalue weighted by molar-refractivity contribution is 5.83. The van der Waals surface area contributed by atoms with Gasteiger partial charge in [-0.2, -0.15) is 0 Å². The number of nitrogens with zero attached hydrogens (tertiary/aromatic N) is 1. The second-order valence-corrected chi connectivity index (χ2v) is 6.14. The summed E-state index contributed by atoms with van der Waals surface area (Å²) in [6.07, 6.45) is 5.96. The zero-order valence-electron chi connectivity index (χ0n) is 11.4. The Morgan fingerprint density at radius 3 is 2.61 bits per heavy atom. The highest BCUT2D eigenvalue weighted by Crippen LogP contribution is 2.40. The molecule has 2 rings (SSSR count). The van der Waals surface area contributed by atoms with Gasteiger partial charge < -0.3 is 15.7 Å². The van der Waals surface area contributed by atoms with Crippen molar-refractivity contribution < 1.29 is 9.90 Å². The first-order valence-electron chi connectivity index (χ1n) is 7.25. The molecule has 2 fully saturated rings. The Morgan fingerprint density at radius 1 is 1.39 bits per heavy atom. The third kappa shape index (κ3) is 2.41. The van der Waals surface area contributed by atoms with Crippen LogP contribution < -0.4 is 5.73 Å². The normalized spacial score (nSPS) is 36.9. The minimum Gasteiger partial charge on any atom is -0.394 e. The second kappa shape index (κ2) is 5.57. The Labute approximate surface area is 110 Å². The predicted octanol–water partition coefficient (Wildman–Crippen LogP) is 1.12. The Hall–Kier alpha value is -0.610. The van der Waals surface area contributed by atoms with Gasteiger partial charge in [0.25, 0.3) is 0 Å². The Bertz CT molecular complexity index is 298. The van der Waals surface area contributed by atoms with Gasteiger partial charge in [-0.15, -0.1) is 0 Å². The minimum absolute atomic E-state index is 0.0280. The molecular formula is C14H26N2O2. The van der Waals surface area contributed by atoms with Crippen LogP contribution in [0.5, 0.6) is 0 Å². The van der Waals surface area contributed by atoms with Gasteiger partial charge in [-0.1, -0.05) is 6.92 Å². The first-order valence-corrected chi connectivity index (χ1v) is 7.25. The van der Waals surface area contributed by atoms with Crippen molar-refractivity contribution in [1.29, 1.82) is 0 Å². The molecule has 1 aliphatic heterocycles. The van der Waals surface area contributed by atoms with Gasteiger partial charge in [0, 0.05) is 13.1 Å². The molecule has 0 radical (unpaired) electrons. The van der Waals surface area contributed by atoms with E-state index in [2.05, 4.69) is 6.92 Å². The van der Waals surface area contributed by atoms with Crippen molar-refractivity contribution in [2.75, 3.05) is 19.7 Å². The summed E-state index contributed by atoms with van der Waals surface area (Å²) < 4.78 is 0. The zero-order valence-corrected chi connectivity index (χ0v) is 11.4. The van der Waals surface area contributed by atoms with E-state index in [9.17, 15) is 9.90 Å². The third-order valence-electron chi connectivity index (χ3n) is 4.92. The number of carbonyl (C=O) groups excluding carboxylic acids is 1. The summed E-state index contributed by atoms with van der Waals surface area (Å²) >= 11 is 0. The van der Waals surface area contributed by atoms with Gasteiger partial charge in [0.1, 0.15) is 0 Å². The molecule has 2 aliphatic rings. The highest BCUT2D eigenvalue weighted by Gasteiger charge is 2.44. The number of nitrogens with two attached hydrogens (primary N) is 1. The molecular weight excluding hydrogens is 228 g/mol. The number of hydrogen-bond acceptors (Lipinski definition) is 3. The van der Waals surface area contributed by atoms with E-state index in [1.165, 1.54) is 0 Å². The molecule has 0 spiro atoms. The van der Waals surface area contributed by atoms with Crippen LogP contribution in [0.2, 0.25) is 0 Å². The summed E-state index contributed by atoms with van der Waals surface area (Å²) in [7, 11) is 0. The summed E-state index contributed by atoms with van der Waals surface area (Å²) in [4.78, 5) is 14.7. The fourth-order valence-electron chi connectivity index (χ4n) is 3.42. The average molecular weight is 254 g/mol. The van der Waals surface area contributed by atoms with E-state index in [1.807, 2.05) is 4.90 Å². The molecule has 1 amide bonds. The second-order valence-electron chi connectivity index (χ2n) is 6.14. The minimum atomic E-state index is -0.343. The van der Waals surface area contributed by atoms with Crippen LogP contribution in [0.15, 0.2) is 0 Å². The lowest BCUT2D eigenvalue weighted by atomic mass is 9.70. The first-order chi connectivity index (χ1) is 8.63. The van der Waals surface area contributed by atoms with Gasteiger partial charge >= 0.3 is 0 Å². The van der Waals surface area contributed by atoms with Gasteiger partial charge in [0.15, 0.2) is 0 Å². The van der Waals surface area contributed by atoms with E-state index < -0.39 is 0 Å². The summed E-state index contributed by atoms with van der Waals surface area (Å²) in [6, 6.07) is 0.0280.